The molecule has 4 rings (SSSR count). The number of carbonyl (C=O) groups is 2. The van der Waals surface area contributed by atoms with E-state index in [-0.39, 0.29) is 24.1 Å². The maximum absolute atomic E-state index is 12.9. The zero-order valence-corrected chi connectivity index (χ0v) is 19.5. The molecule has 2 heterocycles. The quantitative estimate of drug-likeness (QED) is 0.572. The van der Waals surface area contributed by atoms with Gasteiger partial charge in [0.2, 0.25) is 5.91 Å². The zero-order chi connectivity index (χ0) is 24.5. The molecule has 0 spiro atoms. The first-order valence-corrected chi connectivity index (χ1v) is 12.0. The van der Waals surface area contributed by atoms with E-state index < -0.39 is 23.2 Å². The molecule has 1 aliphatic heterocycles. The van der Waals surface area contributed by atoms with Crippen molar-refractivity contribution in [3.8, 4) is 0 Å². The Morgan fingerprint density at radius 1 is 1.26 bits per heavy atom. The van der Waals surface area contributed by atoms with Crippen molar-refractivity contribution < 1.29 is 27.9 Å². The van der Waals surface area contributed by atoms with Crippen LogP contribution in [-0.2, 0) is 16.6 Å². The number of amides is 2. The standard InChI is InChI=1S/C23H27F3N4O3S/c1-14-2-3-15(23(24,25)26)10-18(14)20(32)28-11-19(31)29-16-12-30(13-16)17-4-6-22(33,7-5-17)21-27-8-9-34-21/h2-3,8-10,16-17,33H,4-7,11-13H2,1H3,(H,28,32)(H,29,31)/t17-,22-. The summed E-state index contributed by atoms with van der Waals surface area (Å²) in [6.07, 6.45) is 0.162. The summed E-state index contributed by atoms with van der Waals surface area (Å²) in [6.45, 7) is 2.61. The Balaban J connectivity index is 1.19. The first-order chi connectivity index (χ1) is 16.0. The fourth-order valence-corrected chi connectivity index (χ4v) is 5.39. The lowest BCUT2D eigenvalue weighted by molar-refractivity contribution is -0.137. The molecule has 0 unspecified atom stereocenters. The van der Waals surface area contributed by atoms with Crippen molar-refractivity contribution in [1.29, 1.82) is 0 Å². The van der Waals surface area contributed by atoms with Crippen LogP contribution in [0.3, 0.4) is 0 Å². The SMILES string of the molecule is Cc1ccc(C(F)(F)F)cc1C(=O)NCC(=O)NC1CN([C@H]2CC[C@@](O)(c3nccs3)CC2)C1. The van der Waals surface area contributed by atoms with Crippen LogP contribution in [0.1, 0.15) is 52.2 Å². The van der Waals surface area contributed by atoms with Gasteiger partial charge in [-0.25, -0.2) is 4.98 Å². The highest BCUT2D eigenvalue weighted by Gasteiger charge is 2.41. The normalized spacial score (nSPS) is 23.9. The van der Waals surface area contributed by atoms with Gasteiger partial charge >= 0.3 is 6.18 Å². The minimum Gasteiger partial charge on any atom is -0.383 e. The molecule has 34 heavy (non-hydrogen) atoms. The van der Waals surface area contributed by atoms with Gasteiger partial charge in [-0.05, 0) is 50.3 Å². The summed E-state index contributed by atoms with van der Waals surface area (Å²) >= 11 is 1.47. The molecule has 1 saturated carbocycles. The van der Waals surface area contributed by atoms with Gasteiger partial charge < -0.3 is 15.7 Å². The predicted octanol–water partition coefficient (Wildman–Crippen LogP) is 2.83. The lowest BCUT2D eigenvalue weighted by Gasteiger charge is -2.47. The molecule has 1 saturated heterocycles. The van der Waals surface area contributed by atoms with Crippen LogP contribution in [0.2, 0.25) is 0 Å². The summed E-state index contributed by atoms with van der Waals surface area (Å²) in [7, 11) is 0. The summed E-state index contributed by atoms with van der Waals surface area (Å²) in [6, 6.07) is 3.26. The van der Waals surface area contributed by atoms with Crippen molar-refractivity contribution >= 4 is 23.2 Å². The van der Waals surface area contributed by atoms with E-state index in [0.717, 1.165) is 30.0 Å². The molecule has 1 aliphatic carbocycles. The number of nitrogens with zero attached hydrogens (tertiary/aromatic N) is 2. The second-order valence-electron chi connectivity index (χ2n) is 9.03. The van der Waals surface area contributed by atoms with Crippen LogP contribution in [0.5, 0.6) is 0 Å². The Labute approximate surface area is 199 Å². The Kier molecular flexibility index (Phi) is 6.97. The first-order valence-electron chi connectivity index (χ1n) is 11.2. The molecule has 7 nitrogen and oxygen atoms in total. The number of benzene rings is 1. The molecule has 0 radical (unpaired) electrons. The van der Waals surface area contributed by atoms with E-state index in [1.165, 1.54) is 17.4 Å². The highest BCUT2D eigenvalue weighted by atomic mass is 32.1. The Morgan fingerprint density at radius 2 is 1.97 bits per heavy atom. The van der Waals surface area contributed by atoms with Crippen molar-refractivity contribution in [3.05, 3.63) is 51.5 Å². The summed E-state index contributed by atoms with van der Waals surface area (Å²) < 4.78 is 38.8. The summed E-state index contributed by atoms with van der Waals surface area (Å²) in [5.74, 6) is -1.10. The summed E-state index contributed by atoms with van der Waals surface area (Å²) in [5, 5.41) is 18.7. The number of aryl methyl sites for hydroxylation is 1. The van der Waals surface area contributed by atoms with Crippen LogP contribution in [0.4, 0.5) is 13.2 Å². The highest BCUT2D eigenvalue weighted by molar-refractivity contribution is 7.09. The van der Waals surface area contributed by atoms with Gasteiger partial charge in [0.25, 0.3) is 5.91 Å². The minimum absolute atomic E-state index is 0.0422. The van der Waals surface area contributed by atoms with E-state index in [0.29, 0.717) is 37.5 Å². The molecule has 2 amide bonds. The van der Waals surface area contributed by atoms with Crippen LogP contribution in [0.25, 0.3) is 0 Å². The topological polar surface area (TPSA) is 94.6 Å². The number of thiazole rings is 1. The Morgan fingerprint density at radius 3 is 2.59 bits per heavy atom. The molecule has 1 aromatic carbocycles. The van der Waals surface area contributed by atoms with Crippen LogP contribution >= 0.6 is 11.3 Å². The third-order valence-electron chi connectivity index (χ3n) is 6.62. The third-order valence-corrected chi connectivity index (χ3v) is 7.59. The van der Waals surface area contributed by atoms with E-state index in [2.05, 4.69) is 20.5 Å². The number of hydrogen-bond acceptors (Lipinski definition) is 6. The molecule has 0 atom stereocenters. The lowest BCUT2D eigenvalue weighted by atomic mass is 9.81. The van der Waals surface area contributed by atoms with Gasteiger partial charge in [0.1, 0.15) is 10.6 Å². The van der Waals surface area contributed by atoms with E-state index in [1.807, 2.05) is 5.38 Å². The molecule has 2 aliphatic rings. The maximum Gasteiger partial charge on any atom is 0.416 e. The fraction of sp³-hybridized carbons (Fsp3) is 0.522. The first kappa shape index (κ1) is 24.6. The smallest absolute Gasteiger partial charge is 0.383 e. The molecular formula is C23H27F3N4O3S. The predicted molar refractivity (Wildman–Crippen MR) is 120 cm³/mol. The minimum atomic E-state index is -4.55. The zero-order valence-electron chi connectivity index (χ0n) is 18.7. The number of nitrogens with one attached hydrogen (secondary N) is 2. The van der Waals surface area contributed by atoms with Gasteiger partial charge in [0.15, 0.2) is 0 Å². The van der Waals surface area contributed by atoms with E-state index in [1.54, 1.807) is 13.1 Å². The largest absolute Gasteiger partial charge is 0.416 e. The summed E-state index contributed by atoms with van der Waals surface area (Å²) in [4.78, 5) is 31.1. The number of rotatable bonds is 6. The number of halogens is 3. The Bertz CT molecular complexity index is 1030. The maximum atomic E-state index is 12.9. The molecule has 184 valence electrons. The average Bonchev–Trinajstić information content (AvgIpc) is 3.31. The Hall–Kier alpha value is -2.50. The highest BCUT2D eigenvalue weighted by Crippen LogP contribution is 2.40. The molecule has 2 fully saturated rings. The number of alkyl halides is 3. The van der Waals surface area contributed by atoms with Gasteiger partial charge in [-0.15, -0.1) is 11.3 Å². The van der Waals surface area contributed by atoms with Gasteiger partial charge in [-0.1, -0.05) is 6.07 Å². The summed E-state index contributed by atoms with van der Waals surface area (Å²) in [5.41, 5.74) is -1.46. The lowest BCUT2D eigenvalue weighted by Crippen LogP contribution is -2.63. The third kappa shape index (κ3) is 5.42. The monoisotopic (exact) mass is 496 g/mol. The van der Waals surface area contributed by atoms with Gasteiger partial charge in [-0.2, -0.15) is 13.2 Å². The number of aromatic nitrogens is 1. The molecule has 11 heteroatoms. The number of likely N-dealkylation sites (tertiary alicyclic amines) is 1. The van der Waals surface area contributed by atoms with E-state index in [9.17, 15) is 27.9 Å². The number of hydrogen-bond donors (Lipinski definition) is 3. The van der Waals surface area contributed by atoms with Gasteiger partial charge in [0.05, 0.1) is 18.2 Å². The van der Waals surface area contributed by atoms with Crippen molar-refractivity contribution in [2.75, 3.05) is 19.6 Å². The fourth-order valence-electron chi connectivity index (χ4n) is 4.59. The van der Waals surface area contributed by atoms with Crippen LogP contribution in [0, 0.1) is 6.92 Å². The van der Waals surface area contributed by atoms with E-state index in [4.69, 9.17) is 0 Å². The molecular weight excluding hydrogens is 469 g/mol. The number of aliphatic hydroxyl groups is 1. The second-order valence-corrected chi connectivity index (χ2v) is 9.92. The number of carbonyl (C=O) groups excluding carboxylic acids is 2. The van der Waals surface area contributed by atoms with E-state index >= 15 is 0 Å². The van der Waals surface area contributed by atoms with Crippen LogP contribution < -0.4 is 10.6 Å². The van der Waals surface area contributed by atoms with Crippen LogP contribution in [0.15, 0.2) is 29.8 Å². The van der Waals surface area contributed by atoms with Crippen molar-refractivity contribution in [3.63, 3.8) is 0 Å². The van der Waals surface area contributed by atoms with Crippen molar-refractivity contribution in [2.24, 2.45) is 0 Å². The van der Waals surface area contributed by atoms with Gasteiger partial charge in [-0.3, -0.25) is 14.5 Å². The van der Waals surface area contributed by atoms with Gasteiger partial charge in [0, 0.05) is 36.3 Å². The molecule has 3 N–H and O–H groups in total. The van der Waals surface area contributed by atoms with Crippen LogP contribution in [-0.4, -0.2) is 58.5 Å². The average molecular weight is 497 g/mol. The van der Waals surface area contributed by atoms with Crippen molar-refractivity contribution in [2.45, 2.75) is 56.5 Å². The molecule has 1 aromatic heterocycles. The molecule has 0 bridgehead atoms. The molecule has 2 aromatic rings. The second kappa shape index (κ2) is 9.63. The van der Waals surface area contributed by atoms with Crippen molar-refractivity contribution in [1.82, 2.24) is 20.5 Å².